The predicted octanol–water partition coefficient (Wildman–Crippen LogP) is 5.26. The monoisotopic (exact) mass is 373 g/mol. The lowest BCUT2D eigenvalue weighted by Gasteiger charge is -2.45. The summed E-state index contributed by atoms with van der Waals surface area (Å²) < 4.78 is 0. The lowest BCUT2D eigenvalue weighted by Crippen LogP contribution is -2.45. The Labute approximate surface area is 167 Å². The van der Waals surface area contributed by atoms with Crippen molar-refractivity contribution in [2.45, 2.75) is 45.6 Å². The maximum atomic E-state index is 12.6. The average molecular weight is 374 g/mol. The van der Waals surface area contributed by atoms with Crippen LogP contribution in [0, 0.1) is 18.3 Å². The number of anilines is 2. The zero-order valence-corrected chi connectivity index (χ0v) is 17.2. The Morgan fingerprint density at radius 2 is 2.00 bits per heavy atom. The smallest absolute Gasteiger partial charge is 0.266 e. The number of para-hydroxylation sites is 1. The van der Waals surface area contributed by atoms with Crippen LogP contribution in [-0.4, -0.2) is 18.5 Å². The number of nitrogens with zero attached hydrogens (tertiary/aromatic N) is 2. The second-order valence-corrected chi connectivity index (χ2v) is 8.23. The van der Waals surface area contributed by atoms with E-state index < -0.39 is 0 Å². The van der Waals surface area contributed by atoms with Crippen LogP contribution in [0.2, 0.25) is 0 Å². The molecule has 1 N–H and O–H groups in total. The van der Waals surface area contributed by atoms with Gasteiger partial charge in [0, 0.05) is 24.0 Å². The minimum atomic E-state index is -0.388. The van der Waals surface area contributed by atoms with E-state index in [9.17, 15) is 10.1 Å². The van der Waals surface area contributed by atoms with Crippen LogP contribution in [0.1, 0.15) is 49.8 Å². The van der Waals surface area contributed by atoms with E-state index in [2.05, 4.69) is 50.2 Å². The number of nitrogens with one attached hydrogen (secondary N) is 1. The SMILES string of the molecule is Cc1ccccc1NC(=O)/C(C#N)=C\c1ccc2c(c1)[C@H](C)CC(C)(C)N2C. The highest BCUT2D eigenvalue weighted by molar-refractivity contribution is 6.10. The number of fused-ring (bicyclic) bond motifs is 1. The Morgan fingerprint density at radius 1 is 1.29 bits per heavy atom. The standard InChI is InChI=1S/C24H27N3O/c1-16-8-6-7-9-21(16)26-23(28)19(15-25)12-18-10-11-22-20(13-18)17(2)14-24(3,4)27(22)5/h6-13,17H,14H2,1-5H3,(H,26,28)/b19-12-/t17-/m1/s1. The van der Waals surface area contributed by atoms with Crippen LogP contribution in [0.5, 0.6) is 0 Å². The van der Waals surface area contributed by atoms with Crippen molar-refractivity contribution in [3.05, 3.63) is 64.7 Å². The Morgan fingerprint density at radius 3 is 2.68 bits per heavy atom. The molecule has 1 amide bonds. The largest absolute Gasteiger partial charge is 0.369 e. The highest BCUT2D eigenvalue weighted by atomic mass is 16.1. The van der Waals surface area contributed by atoms with E-state index in [0.29, 0.717) is 5.92 Å². The second-order valence-electron chi connectivity index (χ2n) is 8.23. The number of nitriles is 1. The first-order valence-electron chi connectivity index (χ1n) is 9.59. The molecule has 144 valence electrons. The van der Waals surface area contributed by atoms with Gasteiger partial charge in [-0.05, 0) is 74.1 Å². The van der Waals surface area contributed by atoms with Gasteiger partial charge in [-0.1, -0.05) is 31.2 Å². The zero-order valence-electron chi connectivity index (χ0n) is 17.2. The van der Waals surface area contributed by atoms with Gasteiger partial charge < -0.3 is 10.2 Å². The molecule has 28 heavy (non-hydrogen) atoms. The maximum absolute atomic E-state index is 12.6. The van der Waals surface area contributed by atoms with Crippen molar-refractivity contribution >= 4 is 23.4 Å². The van der Waals surface area contributed by atoms with Crippen LogP contribution in [0.3, 0.4) is 0 Å². The summed E-state index contributed by atoms with van der Waals surface area (Å²) in [4.78, 5) is 14.9. The third-order valence-corrected chi connectivity index (χ3v) is 5.73. The number of hydrogen-bond acceptors (Lipinski definition) is 3. The van der Waals surface area contributed by atoms with Crippen LogP contribution in [0.25, 0.3) is 6.08 Å². The molecule has 0 radical (unpaired) electrons. The Balaban J connectivity index is 1.90. The van der Waals surface area contributed by atoms with Crippen LogP contribution >= 0.6 is 0 Å². The molecule has 1 aliphatic heterocycles. The molecule has 0 saturated carbocycles. The number of carbonyl (C=O) groups is 1. The molecule has 1 heterocycles. The number of amides is 1. The summed E-state index contributed by atoms with van der Waals surface area (Å²) in [6.07, 6.45) is 2.73. The first kappa shape index (κ1) is 19.7. The first-order chi connectivity index (χ1) is 13.2. The summed E-state index contributed by atoms with van der Waals surface area (Å²) in [5.41, 5.74) is 5.22. The Kier molecular flexibility index (Phi) is 5.29. The maximum Gasteiger partial charge on any atom is 0.266 e. The van der Waals surface area contributed by atoms with Gasteiger partial charge in [-0.2, -0.15) is 5.26 Å². The van der Waals surface area contributed by atoms with Gasteiger partial charge in [-0.25, -0.2) is 0 Å². The van der Waals surface area contributed by atoms with E-state index in [-0.39, 0.29) is 17.0 Å². The van der Waals surface area contributed by atoms with Gasteiger partial charge in [0.25, 0.3) is 5.91 Å². The molecule has 3 rings (SSSR count). The summed E-state index contributed by atoms with van der Waals surface area (Å²) in [6, 6.07) is 15.7. The molecule has 1 aliphatic rings. The molecule has 0 unspecified atom stereocenters. The van der Waals surface area contributed by atoms with Crippen molar-refractivity contribution in [2.24, 2.45) is 0 Å². The highest BCUT2D eigenvalue weighted by Crippen LogP contribution is 2.42. The topological polar surface area (TPSA) is 56.1 Å². The highest BCUT2D eigenvalue weighted by Gasteiger charge is 2.33. The molecule has 0 spiro atoms. The van der Waals surface area contributed by atoms with E-state index in [4.69, 9.17) is 0 Å². The van der Waals surface area contributed by atoms with Crippen LogP contribution in [0.15, 0.2) is 48.0 Å². The summed E-state index contributed by atoms with van der Waals surface area (Å²) >= 11 is 0. The number of hydrogen-bond donors (Lipinski definition) is 1. The summed E-state index contributed by atoms with van der Waals surface area (Å²) in [5, 5.41) is 12.4. The van der Waals surface area contributed by atoms with Gasteiger partial charge in [-0.3, -0.25) is 4.79 Å². The molecule has 0 bridgehead atoms. The molecule has 0 fully saturated rings. The average Bonchev–Trinajstić information content (AvgIpc) is 2.65. The molecule has 0 saturated heterocycles. The number of aryl methyl sites for hydroxylation is 1. The lowest BCUT2D eigenvalue weighted by molar-refractivity contribution is -0.112. The van der Waals surface area contributed by atoms with Crippen LogP contribution < -0.4 is 10.2 Å². The summed E-state index contributed by atoms with van der Waals surface area (Å²) in [6.45, 7) is 8.67. The molecule has 4 nitrogen and oxygen atoms in total. The van der Waals surface area contributed by atoms with Crippen LogP contribution in [-0.2, 0) is 4.79 Å². The lowest BCUT2D eigenvalue weighted by atomic mass is 9.80. The van der Waals surface area contributed by atoms with Gasteiger partial charge in [0.15, 0.2) is 0 Å². The van der Waals surface area contributed by atoms with Crippen molar-refractivity contribution < 1.29 is 4.79 Å². The fourth-order valence-corrected chi connectivity index (χ4v) is 3.90. The molecular weight excluding hydrogens is 346 g/mol. The fraction of sp³-hybridized carbons (Fsp3) is 0.333. The summed E-state index contributed by atoms with van der Waals surface area (Å²) in [7, 11) is 2.12. The quantitative estimate of drug-likeness (QED) is 0.589. The Hall–Kier alpha value is -3.06. The van der Waals surface area contributed by atoms with Gasteiger partial charge >= 0.3 is 0 Å². The van der Waals surface area contributed by atoms with Crippen molar-refractivity contribution in [2.75, 3.05) is 17.3 Å². The number of benzene rings is 2. The van der Waals surface area contributed by atoms with E-state index in [0.717, 1.165) is 23.2 Å². The van der Waals surface area contributed by atoms with Gasteiger partial charge in [-0.15, -0.1) is 0 Å². The normalized spacial score (nSPS) is 18.2. The molecule has 0 aliphatic carbocycles. The van der Waals surface area contributed by atoms with E-state index in [1.165, 1.54) is 11.3 Å². The van der Waals surface area contributed by atoms with Gasteiger partial charge in [0.1, 0.15) is 11.6 Å². The molecule has 1 atom stereocenters. The van der Waals surface area contributed by atoms with Crippen molar-refractivity contribution in [3.63, 3.8) is 0 Å². The number of carbonyl (C=O) groups excluding carboxylic acids is 1. The van der Waals surface area contributed by atoms with Crippen LogP contribution in [0.4, 0.5) is 11.4 Å². The molecule has 2 aromatic carbocycles. The van der Waals surface area contributed by atoms with Crippen molar-refractivity contribution in [1.29, 1.82) is 5.26 Å². The van der Waals surface area contributed by atoms with E-state index in [1.54, 1.807) is 6.08 Å². The fourth-order valence-electron chi connectivity index (χ4n) is 3.90. The van der Waals surface area contributed by atoms with Crippen molar-refractivity contribution in [1.82, 2.24) is 0 Å². The first-order valence-corrected chi connectivity index (χ1v) is 9.59. The molecule has 4 heteroatoms. The molecular formula is C24H27N3O. The predicted molar refractivity (Wildman–Crippen MR) is 115 cm³/mol. The minimum Gasteiger partial charge on any atom is -0.369 e. The van der Waals surface area contributed by atoms with Gasteiger partial charge in [0.05, 0.1) is 0 Å². The summed E-state index contributed by atoms with van der Waals surface area (Å²) in [5.74, 6) is 0.0294. The minimum absolute atomic E-state index is 0.0975. The Bertz CT molecular complexity index is 982. The van der Waals surface area contributed by atoms with E-state index >= 15 is 0 Å². The molecule has 0 aromatic heterocycles. The third-order valence-electron chi connectivity index (χ3n) is 5.73. The van der Waals surface area contributed by atoms with E-state index in [1.807, 2.05) is 43.3 Å². The molecule has 2 aromatic rings. The second kappa shape index (κ2) is 7.52. The third kappa shape index (κ3) is 3.80. The van der Waals surface area contributed by atoms with Gasteiger partial charge in [0.2, 0.25) is 0 Å². The zero-order chi connectivity index (χ0) is 20.5. The number of rotatable bonds is 3. The van der Waals surface area contributed by atoms with Crippen molar-refractivity contribution in [3.8, 4) is 6.07 Å².